The van der Waals surface area contributed by atoms with Crippen molar-refractivity contribution >= 4 is 41.0 Å². The minimum Gasteiger partial charge on any atom is -0.455 e. The maximum absolute atomic E-state index is 14.7. The molecule has 5 atom stereocenters. The molecule has 52 heavy (non-hydrogen) atoms. The molecule has 1 aromatic carbocycles. The van der Waals surface area contributed by atoms with Crippen molar-refractivity contribution in [3.8, 4) is 0 Å². The van der Waals surface area contributed by atoms with Crippen LogP contribution in [0.4, 0.5) is 0 Å². The van der Waals surface area contributed by atoms with Crippen LogP contribution < -0.4 is 10.6 Å². The molecule has 1 aliphatic rings. The highest BCUT2D eigenvalue weighted by atomic mass is 32.1. The van der Waals surface area contributed by atoms with Crippen molar-refractivity contribution in [2.75, 3.05) is 26.9 Å². The van der Waals surface area contributed by atoms with Gasteiger partial charge in [-0.2, -0.15) is 0 Å². The Bertz CT molecular complexity index is 1470. The number of aromatic nitrogens is 1. The fourth-order valence-electron chi connectivity index (χ4n) is 6.35. The first-order valence-corrected chi connectivity index (χ1v) is 19.5. The number of piperidine rings is 1. The monoisotopic (exact) mass is 741 g/mol. The standard InChI is InChI=1S/C39H59N5O7S/c1-9-27(6)35(42-37(48)31-17-13-14-20-43(31)8)39(49)44(24-50-34(46)21-25(2)3)32(26(4)5)22-33(51-28(7)45)38-41-30(23-52-38)36(47)40-19-18-29-15-11-10-12-16-29/h10-12,15-16,23,25-27,31-33,35H,9,13-14,17-22,24H2,1-8H3,(H,40,47)(H,42,48)/t27-,31+,32+,33+,35-/m0/s1. The summed E-state index contributed by atoms with van der Waals surface area (Å²) in [5.74, 6) is -2.26. The molecule has 0 spiro atoms. The lowest BCUT2D eigenvalue weighted by Gasteiger charge is -2.39. The molecule has 0 unspecified atom stereocenters. The van der Waals surface area contributed by atoms with E-state index in [0.717, 1.165) is 24.9 Å². The molecular weight excluding hydrogens is 683 g/mol. The number of benzene rings is 1. The molecule has 2 heterocycles. The van der Waals surface area contributed by atoms with Crippen LogP contribution in [0.5, 0.6) is 0 Å². The highest BCUT2D eigenvalue weighted by molar-refractivity contribution is 7.09. The lowest BCUT2D eigenvalue weighted by Crippen LogP contribution is -2.59. The number of carbonyl (C=O) groups excluding carboxylic acids is 5. The van der Waals surface area contributed by atoms with Crippen LogP contribution in [0.2, 0.25) is 0 Å². The van der Waals surface area contributed by atoms with E-state index in [9.17, 15) is 24.0 Å². The van der Waals surface area contributed by atoms with E-state index in [1.165, 1.54) is 23.2 Å². The molecule has 0 bridgehead atoms. The van der Waals surface area contributed by atoms with E-state index in [0.29, 0.717) is 30.8 Å². The molecule has 1 saturated heterocycles. The van der Waals surface area contributed by atoms with Crippen molar-refractivity contribution in [1.29, 1.82) is 0 Å². The summed E-state index contributed by atoms with van der Waals surface area (Å²) < 4.78 is 11.5. The topological polar surface area (TPSA) is 147 Å². The third-order valence-electron chi connectivity index (χ3n) is 9.58. The lowest BCUT2D eigenvalue weighted by molar-refractivity contribution is -0.160. The van der Waals surface area contributed by atoms with Crippen LogP contribution in [0.3, 0.4) is 0 Å². The average Bonchev–Trinajstić information content (AvgIpc) is 3.60. The minimum atomic E-state index is -0.894. The van der Waals surface area contributed by atoms with Crippen molar-refractivity contribution in [2.24, 2.45) is 17.8 Å². The Morgan fingerprint density at radius 1 is 1.06 bits per heavy atom. The van der Waals surface area contributed by atoms with Gasteiger partial charge in [-0.25, -0.2) is 4.98 Å². The zero-order chi connectivity index (χ0) is 38.4. The molecule has 3 rings (SSSR count). The van der Waals surface area contributed by atoms with Crippen molar-refractivity contribution in [1.82, 2.24) is 25.4 Å². The Morgan fingerprint density at radius 2 is 1.77 bits per heavy atom. The summed E-state index contributed by atoms with van der Waals surface area (Å²) in [5.41, 5.74) is 1.30. The Kier molecular flexibility index (Phi) is 17.2. The summed E-state index contributed by atoms with van der Waals surface area (Å²) in [5, 5.41) is 8.01. The number of ether oxygens (including phenoxy) is 2. The molecule has 0 saturated carbocycles. The van der Waals surface area contributed by atoms with Crippen LogP contribution in [0.15, 0.2) is 35.7 Å². The average molecular weight is 742 g/mol. The van der Waals surface area contributed by atoms with Crippen LogP contribution in [0, 0.1) is 17.8 Å². The summed E-state index contributed by atoms with van der Waals surface area (Å²) >= 11 is 1.20. The summed E-state index contributed by atoms with van der Waals surface area (Å²) in [6.07, 6.45) is 3.35. The van der Waals surface area contributed by atoms with E-state index in [-0.39, 0.29) is 66.8 Å². The van der Waals surface area contributed by atoms with Gasteiger partial charge >= 0.3 is 11.9 Å². The van der Waals surface area contributed by atoms with Crippen molar-refractivity contribution in [3.05, 3.63) is 52.0 Å². The highest BCUT2D eigenvalue weighted by Crippen LogP contribution is 2.32. The molecule has 2 N–H and O–H groups in total. The first kappa shape index (κ1) is 42.6. The minimum absolute atomic E-state index is 0.0557. The zero-order valence-corrected chi connectivity index (χ0v) is 33.0. The number of hydrogen-bond acceptors (Lipinski definition) is 10. The molecule has 1 aliphatic heterocycles. The zero-order valence-electron chi connectivity index (χ0n) is 32.2. The van der Waals surface area contributed by atoms with E-state index < -0.39 is 30.1 Å². The van der Waals surface area contributed by atoms with Gasteiger partial charge in [0.25, 0.3) is 5.91 Å². The van der Waals surface area contributed by atoms with E-state index >= 15 is 0 Å². The van der Waals surface area contributed by atoms with Gasteiger partial charge < -0.3 is 25.0 Å². The number of likely N-dealkylation sites (tertiary alicyclic amines) is 1. The number of hydrogen-bond donors (Lipinski definition) is 2. The number of nitrogens with one attached hydrogen (secondary N) is 2. The van der Waals surface area contributed by atoms with E-state index in [4.69, 9.17) is 9.47 Å². The van der Waals surface area contributed by atoms with Gasteiger partial charge in [0.1, 0.15) is 16.7 Å². The van der Waals surface area contributed by atoms with Crippen LogP contribution in [-0.2, 0) is 35.1 Å². The number of likely N-dealkylation sites (N-methyl/N-ethyl adjacent to an activating group) is 1. The Balaban J connectivity index is 1.90. The molecule has 288 valence electrons. The smallest absolute Gasteiger partial charge is 0.307 e. The van der Waals surface area contributed by atoms with Gasteiger partial charge in [0, 0.05) is 37.7 Å². The number of rotatable bonds is 19. The normalized spacial score (nSPS) is 17.2. The van der Waals surface area contributed by atoms with Gasteiger partial charge in [-0.3, -0.25) is 28.9 Å². The number of amides is 3. The number of thiazole rings is 1. The van der Waals surface area contributed by atoms with Crippen LogP contribution in [0.1, 0.15) is 114 Å². The first-order valence-electron chi connectivity index (χ1n) is 18.6. The van der Waals surface area contributed by atoms with Crippen molar-refractivity contribution < 1.29 is 33.4 Å². The van der Waals surface area contributed by atoms with Gasteiger partial charge in [0.2, 0.25) is 11.8 Å². The lowest BCUT2D eigenvalue weighted by atomic mass is 9.92. The largest absolute Gasteiger partial charge is 0.455 e. The Morgan fingerprint density at radius 3 is 2.38 bits per heavy atom. The molecule has 12 nitrogen and oxygen atoms in total. The third kappa shape index (κ3) is 13.0. The second kappa shape index (κ2) is 21.0. The molecule has 2 aromatic rings. The summed E-state index contributed by atoms with van der Waals surface area (Å²) in [6, 6.07) is 8.01. The number of nitrogens with zero attached hydrogens (tertiary/aromatic N) is 3. The van der Waals surface area contributed by atoms with Crippen molar-refractivity contribution in [3.63, 3.8) is 0 Å². The van der Waals surface area contributed by atoms with E-state index in [1.54, 1.807) is 5.38 Å². The van der Waals surface area contributed by atoms with Crippen LogP contribution in [0.25, 0.3) is 0 Å². The maximum Gasteiger partial charge on any atom is 0.307 e. The quantitative estimate of drug-likeness (QED) is 0.140. The van der Waals surface area contributed by atoms with Crippen LogP contribution in [-0.4, -0.2) is 89.4 Å². The van der Waals surface area contributed by atoms with E-state index in [2.05, 4.69) is 15.6 Å². The molecule has 1 aromatic heterocycles. The first-order chi connectivity index (χ1) is 24.7. The van der Waals surface area contributed by atoms with Gasteiger partial charge in [-0.1, -0.05) is 84.7 Å². The van der Waals surface area contributed by atoms with Gasteiger partial charge in [-0.05, 0) is 56.2 Å². The van der Waals surface area contributed by atoms with Crippen LogP contribution >= 0.6 is 11.3 Å². The Hall–Kier alpha value is -3.84. The second-order valence-corrected chi connectivity index (χ2v) is 15.5. The number of esters is 2. The molecule has 1 fully saturated rings. The highest BCUT2D eigenvalue weighted by Gasteiger charge is 2.39. The molecule has 0 aliphatic carbocycles. The summed E-state index contributed by atoms with van der Waals surface area (Å²) in [4.78, 5) is 74.7. The van der Waals surface area contributed by atoms with Crippen molar-refractivity contribution in [2.45, 2.75) is 118 Å². The predicted molar refractivity (Wildman–Crippen MR) is 201 cm³/mol. The van der Waals surface area contributed by atoms with E-state index in [1.807, 2.05) is 83.8 Å². The summed E-state index contributed by atoms with van der Waals surface area (Å²) in [6.45, 7) is 13.8. The fraction of sp³-hybridized carbons (Fsp3) is 0.641. The van der Waals surface area contributed by atoms with Gasteiger partial charge in [-0.15, -0.1) is 11.3 Å². The molecular formula is C39H59N5O7S. The van der Waals surface area contributed by atoms with Gasteiger partial charge in [0.15, 0.2) is 12.8 Å². The molecule has 0 radical (unpaired) electrons. The summed E-state index contributed by atoms with van der Waals surface area (Å²) in [7, 11) is 1.92. The Labute approximate surface area is 313 Å². The van der Waals surface area contributed by atoms with Gasteiger partial charge in [0.05, 0.1) is 6.04 Å². The third-order valence-corrected chi connectivity index (χ3v) is 10.5. The maximum atomic E-state index is 14.7. The molecule has 3 amide bonds. The fourth-order valence-corrected chi connectivity index (χ4v) is 7.19. The molecule has 13 heteroatoms. The second-order valence-electron chi connectivity index (χ2n) is 14.6. The predicted octanol–water partition coefficient (Wildman–Crippen LogP) is 5.53. The number of carbonyl (C=O) groups is 5. The SMILES string of the molecule is CC[C@H](C)[C@H](NC(=O)[C@H]1CCCCN1C)C(=O)N(COC(=O)CC(C)C)[C@H](C[C@@H](OC(C)=O)c1nc(C(=O)NCCc2ccccc2)cs1)C(C)C.